The maximum absolute atomic E-state index is 13.1. The molecule has 1 saturated carbocycles. The molecule has 0 bridgehead atoms. The highest BCUT2D eigenvalue weighted by Crippen LogP contribution is 2.34. The van der Waals surface area contributed by atoms with Crippen molar-refractivity contribution in [3.63, 3.8) is 0 Å². The van der Waals surface area contributed by atoms with Crippen molar-refractivity contribution >= 4 is 21.7 Å². The zero-order valence-corrected chi connectivity index (χ0v) is 8.47. The lowest BCUT2D eigenvalue weighted by molar-refractivity contribution is -0.124. The molecule has 1 aromatic rings. The van der Waals surface area contributed by atoms with Crippen molar-refractivity contribution in [2.75, 3.05) is 0 Å². The third kappa shape index (κ3) is 1.66. The number of ketones is 1. The van der Waals surface area contributed by atoms with Gasteiger partial charge in [0.05, 0.1) is 4.47 Å². The second-order valence-electron chi connectivity index (χ2n) is 3.32. The average Bonchev–Trinajstić information content (AvgIpc) is 2.05. The molecule has 1 fully saturated rings. The molecule has 0 amide bonds. The van der Waals surface area contributed by atoms with Gasteiger partial charge in [-0.1, -0.05) is 6.07 Å². The maximum atomic E-state index is 13.1. The highest BCUT2D eigenvalue weighted by atomic mass is 79.9. The molecule has 1 aliphatic rings. The summed E-state index contributed by atoms with van der Waals surface area (Å²) in [6, 6.07) is 5.05. The lowest BCUT2D eigenvalue weighted by atomic mass is 9.79. The molecule has 2 rings (SSSR count). The van der Waals surface area contributed by atoms with E-state index in [-0.39, 0.29) is 17.5 Å². The predicted molar refractivity (Wildman–Crippen MR) is 51.1 cm³/mol. The van der Waals surface area contributed by atoms with Crippen molar-refractivity contribution in [3.05, 3.63) is 34.1 Å². The van der Waals surface area contributed by atoms with Crippen LogP contribution in [0.25, 0.3) is 0 Å². The quantitative estimate of drug-likeness (QED) is 0.740. The highest BCUT2D eigenvalue weighted by molar-refractivity contribution is 9.10. The van der Waals surface area contributed by atoms with Crippen molar-refractivity contribution in [2.24, 2.45) is 0 Å². The van der Waals surface area contributed by atoms with E-state index in [1.165, 1.54) is 6.07 Å². The van der Waals surface area contributed by atoms with Crippen LogP contribution in [0.5, 0.6) is 0 Å². The molecular weight excluding hydrogens is 235 g/mol. The van der Waals surface area contributed by atoms with Gasteiger partial charge in [-0.25, -0.2) is 4.39 Å². The predicted octanol–water partition coefficient (Wildman–Crippen LogP) is 3.03. The molecule has 3 heteroatoms. The van der Waals surface area contributed by atoms with Crippen molar-refractivity contribution in [1.82, 2.24) is 0 Å². The van der Waals surface area contributed by atoms with Gasteiger partial charge in [0.1, 0.15) is 11.6 Å². The average molecular weight is 243 g/mol. The summed E-state index contributed by atoms with van der Waals surface area (Å²) in [6.07, 6.45) is 1.14. The Morgan fingerprint density at radius 3 is 2.62 bits per heavy atom. The van der Waals surface area contributed by atoms with Crippen LogP contribution in [-0.4, -0.2) is 5.78 Å². The van der Waals surface area contributed by atoms with Gasteiger partial charge in [-0.3, -0.25) is 4.79 Å². The molecule has 0 N–H and O–H groups in total. The molecule has 0 radical (unpaired) electrons. The van der Waals surface area contributed by atoms with Gasteiger partial charge in [-0.15, -0.1) is 0 Å². The van der Waals surface area contributed by atoms with Crippen LogP contribution >= 0.6 is 15.9 Å². The number of hydrogen-bond acceptors (Lipinski definition) is 1. The zero-order valence-electron chi connectivity index (χ0n) is 6.89. The Balaban J connectivity index is 2.22. The van der Waals surface area contributed by atoms with Gasteiger partial charge in [0.25, 0.3) is 0 Å². The molecule has 0 spiro atoms. The second-order valence-corrected chi connectivity index (χ2v) is 4.17. The largest absolute Gasteiger partial charge is 0.300 e. The Morgan fingerprint density at radius 1 is 1.38 bits per heavy atom. The number of rotatable bonds is 1. The molecular formula is C10H8BrFO. The molecule has 1 aromatic carbocycles. The van der Waals surface area contributed by atoms with Gasteiger partial charge in [-0.05, 0) is 39.5 Å². The lowest BCUT2D eigenvalue weighted by Crippen LogP contribution is -2.21. The lowest BCUT2D eigenvalue weighted by Gasteiger charge is -2.24. The molecule has 0 unspecified atom stereocenters. The van der Waals surface area contributed by atoms with Gasteiger partial charge in [0.15, 0.2) is 0 Å². The van der Waals surface area contributed by atoms with E-state index in [0.717, 1.165) is 5.56 Å². The summed E-state index contributed by atoms with van der Waals surface area (Å²) in [5.41, 5.74) is 0.931. The Hall–Kier alpha value is -0.700. The van der Waals surface area contributed by atoms with E-state index >= 15 is 0 Å². The first-order valence-electron chi connectivity index (χ1n) is 4.13. The van der Waals surface area contributed by atoms with E-state index in [1.54, 1.807) is 6.07 Å². The molecule has 13 heavy (non-hydrogen) atoms. The minimum atomic E-state index is -0.253. The number of halogens is 2. The van der Waals surface area contributed by atoms with E-state index in [4.69, 9.17) is 0 Å². The van der Waals surface area contributed by atoms with Gasteiger partial charge < -0.3 is 0 Å². The van der Waals surface area contributed by atoms with Crippen LogP contribution in [0.2, 0.25) is 0 Å². The number of carbonyl (C=O) groups excluding carboxylic acids is 1. The first-order chi connectivity index (χ1) is 6.16. The molecule has 1 nitrogen and oxygen atoms in total. The van der Waals surface area contributed by atoms with Gasteiger partial charge in [0, 0.05) is 12.8 Å². The van der Waals surface area contributed by atoms with E-state index in [9.17, 15) is 9.18 Å². The molecule has 68 valence electrons. The summed E-state index contributed by atoms with van der Waals surface area (Å²) in [6.45, 7) is 0. The van der Waals surface area contributed by atoms with E-state index in [0.29, 0.717) is 17.3 Å². The standard InChI is InChI=1S/C10H8BrFO/c11-9-2-1-6(5-10(9)12)7-3-8(13)4-7/h1-2,5,7H,3-4H2. The van der Waals surface area contributed by atoms with Crippen LogP contribution in [-0.2, 0) is 4.79 Å². The summed E-state index contributed by atoms with van der Waals surface area (Å²) < 4.78 is 13.5. The maximum Gasteiger partial charge on any atom is 0.137 e. The van der Waals surface area contributed by atoms with Gasteiger partial charge >= 0.3 is 0 Å². The summed E-state index contributed by atoms with van der Waals surface area (Å²) in [7, 11) is 0. The molecule has 0 heterocycles. The number of Topliss-reactive ketones (excluding diaryl/α,β-unsaturated/α-hetero) is 1. The summed E-state index contributed by atoms with van der Waals surface area (Å²) in [4.78, 5) is 10.7. The van der Waals surface area contributed by atoms with Crippen LogP contribution in [0.15, 0.2) is 22.7 Å². The fraction of sp³-hybridized carbons (Fsp3) is 0.300. The van der Waals surface area contributed by atoms with Crippen LogP contribution in [0.4, 0.5) is 4.39 Å². The topological polar surface area (TPSA) is 17.1 Å². The molecule has 0 aliphatic heterocycles. The van der Waals surface area contributed by atoms with Crippen LogP contribution in [0.3, 0.4) is 0 Å². The molecule has 0 saturated heterocycles. The smallest absolute Gasteiger partial charge is 0.137 e. The van der Waals surface area contributed by atoms with E-state index < -0.39 is 0 Å². The van der Waals surface area contributed by atoms with Crippen LogP contribution in [0, 0.1) is 5.82 Å². The number of hydrogen-bond donors (Lipinski definition) is 0. The zero-order chi connectivity index (χ0) is 9.42. The Bertz CT molecular complexity index is 354. The monoisotopic (exact) mass is 242 g/mol. The normalized spacial score (nSPS) is 17.2. The van der Waals surface area contributed by atoms with E-state index in [2.05, 4.69) is 15.9 Å². The summed E-state index contributed by atoms with van der Waals surface area (Å²) in [5.74, 6) is 0.264. The number of carbonyl (C=O) groups is 1. The summed E-state index contributed by atoms with van der Waals surface area (Å²) in [5, 5.41) is 0. The van der Waals surface area contributed by atoms with Crippen molar-refractivity contribution in [2.45, 2.75) is 18.8 Å². The number of benzene rings is 1. The van der Waals surface area contributed by atoms with Crippen molar-refractivity contribution in [1.29, 1.82) is 0 Å². The minimum Gasteiger partial charge on any atom is -0.300 e. The van der Waals surface area contributed by atoms with Crippen molar-refractivity contribution in [3.8, 4) is 0 Å². The van der Waals surface area contributed by atoms with Crippen molar-refractivity contribution < 1.29 is 9.18 Å². The molecule has 0 aromatic heterocycles. The summed E-state index contributed by atoms with van der Waals surface area (Å²) >= 11 is 3.09. The molecule has 1 aliphatic carbocycles. The van der Waals surface area contributed by atoms with Gasteiger partial charge in [0.2, 0.25) is 0 Å². The Labute approximate surface area is 84.1 Å². The third-order valence-electron chi connectivity index (χ3n) is 2.36. The van der Waals surface area contributed by atoms with Crippen LogP contribution < -0.4 is 0 Å². The Kier molecular flexibility index (Phi) is 2.20. The van der Waals surface area contributed by atoms with Crippen LogP contribution in [0.1, 0.15) is 24.3 Å². The van der Waals surface area contributed by atoms with Gasteiger partial charge in [-0.2, -0.15) is 0 Å². The second kappa shape index (κ2) is 3.22. The highest BCUT2D eigenvalue weighted by Gasteiger charge is 2.28. The third-order valence-corrected chi connectivity index (χ3v) is 3.01. The first kappa shape index (κ1) is 8.88. The Morgan fingerprint density at radius 2 is 2.08 bits per heavy atom. The fourth-order valence-corrected chi connectivity index (χ4v) is 1.74. The first-order valence-corrected chi connectivity index (χ1v) is 4.93. The van der Waals surface area contributed by atoms with E-state index in [1.807, 2.05) is 6.07 Å². The minimum absolute atomic E-state index is 0.245. The SMILES string of the molecule is O=C1CC(c2ccc(Br)c(F)c2)C1. The fourth-order valence-electron chi connectivity index (χ4n) is 1.49. The molecule has 0 atom stereocenters.